The molecule has 0 radical (unpaired) electrons. The van der Waals surface area contributed by atoms with Gasteiger partial charge in [0.15, 0.2) is 6.29 Å². The molecule has 0 amide bonds. The molecule has 7 aliphatic rings. The van der Waals surface area contributed by atoms with E-state index in [1.807, 2.05) is 24.3 Å². The topological polar surface area (TPSA) is 174 Å². The number of esters is 1. The second-order valence-electron chi connectivity index (χ2n) is 18.3. The minimum atomic E-state index is -1.25. The van der Waals surface area contributed by atoms with Crippen LogP contribution in [0.1, 0.15) is 99.3 Å². The lowest BCUT2D eigenvalue weighted by molar-refractivity contribution is -0.141. The third-order valence-corrected chi connectivity index (χ3v) is 14.6. The van der Waals surface area contributed by atoms with Crippen LogP contribution in [-0.4, -0.2) is 109 Å². The largest absolute Gasteiger partial charge is 0.489 e. The van der Waals surface area contributed by atoms with E-state index in [0.29, 0.717) is 59.6 Å². The number of likely N-dealkylation sites (tertiary alicyclic amines) is 1. The van der Waals surface area contributed by atoms with Crippen molar-refractivity contribution >= 4 is 29.7 Å². The first kappa shape index (κ1) is 43.6. The smallest absolute Gasteiger partial charge is 0.375 e. The summed E-state index contributed by atoms with van der Waals surface area (Å²) in [6.07, 6.45) is 13.3. The number of carbonyl (C=O) groups is 3. The first-order valence-electron chi connectivity index (χ1n) is 23.0. The molecule has 2 saturated carbocycles. The molecule has 4 heterocycles. The molecular formula is C50H60N2O11. The number of piperidine rings is 1. The van der Waals surface area contributed by atoms with Crippen LogP contribution in [0.2, 0.25) is 0 Å². The van der Waals surface area contributed by atoms with Gasteiger partial charge in [-0.2, -0.15) is 0 Å². The van der Waals surface area contributed by atoms with Crippen LogP contribution in [0.5, 0.6) is 17.2 Å². The molecule has 6 atom stereocenters. The number of aliphatic hydroxyl groups is 3. The summed E-state index contributed by atoms with van der Waals surface area (Å²) in [6, 6.07) is 5.78. The van der Waals surface area contributed by atoms with Crippen molar-refractivity contribution in [3.05, 3.63) is 80.1 Å². The molecule has 2 aromatic carbocycles. The van der Waals surface area contributed by atoms with Crippen LogP contribution in [0.4, 0.5) is 0 Å². The Morgan fingerprint density at radius 1 is 1.10 bits per heavy atom. The van der Waals surface area contributed by atoms with Gasteiger partial charge in [0.2, 0.25) is 5.76 Å². The van der Waals surface area contributed by atoms with Crippen LogP contribution in [0.3, 0.4) is 0 Å². The van der Waals surface area contributed by atoms with Gasteiger partial charge in [0.05, 0.1) is 54.5 Å². The van der Waals surface area contributed by atoms with Crippen molar-refractivity contribution < 1.29 is 53.4 Å². The number of hydrogen-bond donors (Lipinski definition) is 3. The third-order valence-electron chi connectivity index (χ3n) is 14.6. The maximum atomic E-state index is 14.2. The average molecular weight is 865 g/mol. The minimum Gasteiger partial charge on any atom is -0.489 e. The summed E-state index contributed by atoms with van der Waals surface area (Å²) in [5.41, 5.74) is 1.85. The van der Waals surface area contributed by atoms with Gasteiger partial charge >= 0.3 is 5.97 Å². The Kier molecular flexibility index (Phi) is 12.8. The fourth-order valence-corrected chi connectivity index (χ4v) is 11.5. The zero-order valence-corrected chi connectivity index (χ0v) is 36.4. The fourth-order valence-electron chi connectivity index (χ4n) is 11.5. The Bertz CT molecular complexity index is 2360. The van der Waals surface area contributed by atoms with E-state index >= 15 is 0 Å². The maximum absolute atomic E-state index is 14.2. The first-order chi connectivity index (χ1) is 30.7. The lowest BCUT2D eigenvalue weighted by Gasteiger charge is -2.49. The number of benzene rings is 2. The Balaban J connectivity index is 1.20. The van der Waals surface area contributed by atoms with Gasteiger partial charge < -0.3 is 43.9 Å². The highest BCUT2D eigenvalue weighted by Gasteiger charge is 2.54. The van der Waals surface area contributed by atoms with E-state index in [0.717, 1.165) is 80.7 Å². The van der Waals surface area contributed by atoms with Gasteiger partial charge in [-0.1, -0.05) is 36.3 Å². The molecule has 0 unspecified atom stereocenters. The third kappa shape index (κ3) is 7.98. The Hall–Kier alpha value is -4.66. The number of Topliss-reactive ketones (excluding diaryl/α,β-unsaturated/α-hetero) is 1. The summed E-state index contributed by atoms with van der Waals surface area (Å²) in [5.74, 6) is -1.86. The van der Waals surface area contributed by atoms with E-state index in [4.69, 9.17) is 23.7 Å². The van der Waals surface area contributed by atoms with Crippen LogP contribution in [0.15, 0.2) is 52.2 Å². The van der Waals surface area contributed by atoms with Crippen molar-refractivity contribution in [1.29, 1.82) is 0 Å². The predicted octanol–water partition coefficient (Wildman–Crippen LogP) is 4.19. The van der Waals surface area contributed by atoms with E-state index in [1.165, 1.54) is 0 Å². The predicted molar refractivity (Wildman–Crippen MR) is 233 cm³/mol. The zero-order chi connectivity index (χ0) is 43.8. The fraction of sp³-hybridized carbons (Fsp3) is 0.560. The van der Waals surface area contributed by atoms with Crippen molar-refractivity contribution in [2.75, 3.05) is 53.1 Å². The van der Waals surface area contributed by atoms with Crippen LogP contribution >= 0.6 is 0 Å². The van der Waals surface area contributed by atoms with Crippen LogP contribution < -0.4 is 24.8 Å². The monoisotopic (exact) mass is 864 g/mol. The normalized spacial score (nSPS) is 29.1. The number of hydrogen-bond acceptors (Lipinski definition) is 13. The summed E-state index contributed by atoms with van der Waals surface area (Å²) in [6.45, 7) is 4.54. The number of ketones is 1. The van der Waals surface area contributed by atoms with Gasteiger partial charge in [0.1, 0.15) is 34.7 Å². The molecule has 0 aromatic heterocycles. The summed E-state index contributed by atoms with van der Waals surface area (Å²) < 4.78 is 31.4. The van der Waals surface area contributed by atoms with Crippen molar-refractivity contribution in [3.63, 3.8) is 0 Å². The van der Waals surface area contributed by atoms with Gasteiger partial charge in [0, 0.05) is 62.1 Å². The van der Waals surface area contributed by atoms with Gasteiger partial charge in [0.25, 0.3) is 0 Å². The number of allylic oxidation sites excluding steroid dienone is 3. The highest BCUT2D eigenvalue weighted by atomic mass is 16.6. The second-order valence-corrected chi connectivity index (χ2v) is 18.3. The van der Waals surface area contributed by atoms with E-state index in [1.54, 1.807) is 14.0 Å². The molecule has 13 nitrogen and oxygen atoms in total. The molecule has 0 bridgehead atoms. The average Bonchev–Trinajstić information content (AvgIpc) is 3.97. The van der Waals surface area contributed by atoms with Crippen molar-refractivity contribution in [1.82, 2.24) is 4.90 Å². The van der Waals surface area contributed by atoms with E-state index in [9.17, 15) is 29.7 Å². The van der Waals surface area contributed by atoms with E-state index < -0.39 is 42.7 Å². The maximum Gasteiger partial charge on any atom is 0.375 e. The number of aliphatic hydroxyl groups excluding tert-OH is 2. The number of carbonyl (C=O) groups excluding carboxylic acids is 3. The van der Waals surface area contributed by atoms with E-state index in [-0.39, 0.29) is 72.2 Å². The highest BCUT2D eigenvalue weighted by Crippen LogP contribution is 2.58. The number of methoxy groups -OCH3 is 1. The van der Waals surface area contributed by atoms with Crippen molar-refractivity contribution in [2.24, 2.45) is 22.7 Å². The van der Waals surface area contributed by atoms with Crippen molar-refractivity contribution in [2.45, 2.75) is 108 Å². The van der Waals surface area contributed by atoms with Crippen molar-refractivity contribution in [3.8, 4) is 17.2 Å². The molecular weight excluding hydrogens is 805 g/mol. The molecule has 3 N–H and O–H groups in total. The minimum absolute atomic E-state index is 0.0133. The SMILES string of the molecule is CCOC(=O)C1=C(C=O)/C(=C2\C[C@H](CO)C(=O)[C@@H](c3ccc4c(c3)=CCN=4)C2)c2c(c(CO)c3c(c2OC2CCCCC2)C[C@@H]([C@@]2(O)CC=C[C@@H]4CN(CCCOC)CC[C@H]42)O3)O1. The summed E-state index contributed by atoms with van der Waals surface area (Å²) in [4.78, 5) is 48.6. The van der Waals surface area contributed by atoms with Gasteiger partial charge in [-0.25, -0.2) is 4.79 Å². The first-order valence-corrected chi connectivity index (χ1v) is 23.0. The summed E-state index contributed by atoms with van der Waals surface area (Å²) in [7, 11) is 1.72. The molecule has 336 valence electrons. The molecule has 63 heavy (non-hydrogen) atoms. The van der Waals surface area contributed by atoms with Crippen LogP contribution in [0, 0.1) is 17.8 Å². The quantitative estimate of drug-likeness (QED) is 0.114. The molecule has 4 aliphatic heterocycles. The number of ether oxygens (including phenoxy) is 5. The standard InChI is InChI=1S/C50H60N2O11/c1-3-60-49(57)48-37(27-54)42(32-22-33(26-53)44(56)35(23-32)29-12-13-40-30(21-29)14-17-51-40)43-46(61-34-10-5-4-6-11-34)36-24-41(62-45(36)38(28-55)47(43)63-48)50(58)16-7-9-31-25-52(18-8-20-59-2)19-15-39(31)50/h7,9,12-14,21,27,31,33-35,39,41,53,55,58H,3-6,8,10-11,15-20,22-26,28H2,1-2H3/b42-32-/t31-,33-,35-,39-,41+,50-/m1/s1. The summed E-state index contributed by atoms with van der Waals surface area (Å²) >= 11 is 0. The molecule has 2 aromatic rings. The lowest BCUT2D eigenvalue weighted by atomic mass is 9.66. The molecule has 9 rings (SSSR count). The van der Waals surface area contributed by atoms with Crippen LogP contribution in [0.25, 0.3) is 11.6 Å². The second kappa shape index (κ2) is 18.4. The number of aldehydes is 1. The Morgan fingerprint density at radius 2 is 1.94 bits per heavy atom. The summed E-state index contributed by atoms with van der Waals surface area (Å²) in [5, 5.41) is 36.9. The molecule has 0 spiro atoms. The highest BCUT2D eigenvalue weighted by molar-refractivity contribution is 6.11. The van der Waals surface area contributed by atoms with Gasteiger partial charge in [-0.15, -0.1) is 0 Å². The van der Waals surface area contributed by atoms with E-state index in [2.05, 4.69) is 22.0 Å². The molecule has 13 heteroatoms. The van der Waals surface area contributed by atoms with Crippen LogP contribution in [-0.2, 0) is 36.9 Å². The number of rotatable bonds is 13. The molecule has 1 saturated heterocycles. The number of fused-ring (bicyclic) bond motifs is 4. The Labute approximate surface area is 368 Å². The lowest BCUT2D eigenvalue weighted by Crippen LogP contribution is -2.58. The van der Waals surface area contributed by atoms with Gasteiger partial charge in [-0.3, -0.25) is 14.6 Å². The number of nitrogens with zero attached hydrogens (tertiary/aromatic N) is 2. The molecule has 3 aliphatic carbocycles. The van der Waals surface area contributed by atoms with Gasteiger partial charge in [-0.05, 0) is 100 Å². The molecule has 3 fully saturated rings. The zero-order valence-electron chi connectivity index (χ0n) is 36.4. The Morgan fingerprint density at radius 3 is 2.70 bits per heavy atom.